The van der Waals surface area contributed by atoms with Gasteiger partial charge in [-0.25, -0.2) is 4.68 Å². The van der Waals surface area contributed by atoms with Gasteiger partial charge in [0.05, 0.1) is 12.2 Å². The van der Waals surface area contributed by atoms with Gasteiger partial charge in [0, 0.05) is 6.20 Å². The summed E-state index contributed by atoms with van der Waals surface area (Å²) in [5.74, 6) is 0.317. The van der Waals surface area contributed by atoms with E-state index in [9.17, 15) is 4.79 Å². The molecule has 0 bridgehead atoms. The minimum atomic E-state index is 0.254. The largest absolute Gasteiger partial charge is 0.471 e. The lowest BCUT2D eigenvalue weighted by Gasteiger charge is -2.05. The molecule has 0 aliphatic heterocycles. The van der Waals surface area contributed by atoms with Gasteiger partial charge in [0.2, 0.25) is 5.88 Å². The van der Waals surface area contributed by atoms with Crippen molar-refractivity contribution in [1.29, 1.82) is 0 Å². The van der Waals surface area contributed by atoms with E-state index in [1.807, 2.05) is 60.7 Å². The molecule has 2 aromatic carbocycles. The molecule has 1 aromatic heterocycles. The maximum absolute atomic E-state index is 11.2. The average molecular weight is 322 g/mol. The Morgan fingerprint density at radius 3 is 2.17 bits per heavy atom. The summed E-state index contributed by atoms with van der Waals surface area (Å²) in [5.41, 5.74) is 2.51. The zero-order valence-corrected chi connectivity index (χ0v) is 13.2. The maximum atomic E-state index is 11.2. The van der Waals surface area contributed by atoms with Crippen LogP contribution in [0.25, 0.3) is 0 Å². The van der Waals surface area contributed by atoms with Crippen LogP contribution >= 0.6 is 0 Å². The summed E-state index contributed by atoms with van der Waals surface area (Å²) < 4.78 is 12.8. The molecule has 5 nitrogen and oxygen atoms in total. The second-order valence-electron chi connectivity index (χ2n) is 5.28. The molecule has 0 fully saturated rings. The molecule has 0 amide bonds. The molecule has 1 heterocycles. The van der Waals surface area contributed by atoms with E-state index in [1.165, 1.54) is 0 Å². The van der Waals surface area contributed by atoms with Gasteiger partial charge in [-0.15, -0.1) is 5.10 Å². The van der Waals surface area contributed by atoms with Gasteiger partial charge in [-0.1, -0.05) is 60.7 Å². The van der Waals surface area contributed by atoms with E-state index in [0.717, 1.165) is 17.4 Å². The Labute approximate surface area is 140 Å². The molecular weight excluding hydrogens is 304 g/mol. The number of hydrogen-bond acceptors (Lipinski definition) is 4. The first kappa shape index (κ1) is 16.0. The number of hydrogen-bond donors (Lipinski definition) is 0. The predicted molar refractivity (Wildman–Crippen MR) is 89.6 cm³/mol. The van der Waals surface area contributed by atoms with Gasteiger partial charge in [0.25, 0.3) is 0 Å². The quantitative estimate of drug-likeness (QED) is 0.596. The van der Waals surface area contributed by atoms with E-state index in [-0.39, 0.29) is 6.73 Å². The second kappa shape index (κ2) is 8.08. The third-order valence-corrected chi connectivity index (χ3v) is 3.43. The predicted octanol–water partition coefficient (Wildman–Crippen LogP) is 3.45. The number of nitrogens with zero attached hydrogens (tertiary/aromatic N) is 2. The van der Waals surface area contributed by atoms with Crippen LogP contribution in [0, 0.1) is 0 Å². The fourth-order valence-electron chi connectivity index (χ4n) is 2.24. The highest BCUT2D eigenvalue weighted by atomic mass is 16.5. The van der Waals surface area contributed by atoms with Crippen LogP contribution in [0.3, 0.4) is 0 Å². The van der Waals surface area contributed by atoms with Gasteiger partial charge in [-0.05, 0) is 11.1 Å². The smallest absolute Gasteiger partial charge is 0.243 e. The Morgan fingerprint density at radius 2 is 1.54 bits per heavy atom. The molecule has 0 unspecified atom stereocenters. The molecule has 0 spiro atoms. The van der Waals surface area contributed by atoms with Crippen LogP contribution in [0.2, 0.25) is 0 Å². The van der Waals surface area contributed by atoms with Crippen LogP contribution in [0.1, 0.15) is 21.5 Å². The van der Waals surface area contributed by atoms with Crippen molar-refractivity contribution in [2.75, 3.05) is 0 Å². The first-order valence-electron chi connectivity index (χ1n) is 7.66. The lowest BCUT2D eigenvalue weighted by Crippen LogP contribution is -2.04. The first-order chi connectivity index (χ1) is 11.8. The highest BCUT2D eigenvalue weighted by Crippen LogP contribution is 2.16. The molecule has 0 atom stereocenters. The number of aldehydes is 1. The van der Waals surface area contributed by atoms with Gasteiger partial charge in [-0.3, -0.25) is 4.79 Å². The zero-order valence-electron chi connectivity index (χ0n) is 13.2. The number of rotatable bonds is 8. The summed E-state index contributed by atoms with van der Waals surface area (Å²) >= 11 is 0. The van der Waals surface area contributed by atoms with Crippen molar-refractivity contribution in [3.8, 4) is 5.88 Å². The molecule has 0 saturated heterocycles. The van der Waals surface area contributed by atoms with E-state index in [2.05, 4.69) is 5.10 Å². The Bertz CT molecular complexity index is 770. The van der Waals surface area contributed by atoms with E-state index in [1.54, 1.807) is 10.9 Å². The molecule has 0 aliphatic rings. The lowest BCUT2D eigenvalue weighted by molar-refractivity contribution is 0.0551. The molecule has 0 radical (unpaired) electrons. The van der Waals surface area contributed by atoms with Crippen molar-refractivity contribution in [3.05, 3.63) is 83.6 Å². The summed E-state index contributed by atoms with van der Waals surface area (Å²) in [5, 5.41) is 4.27. The minimum absolute atomic E-state index is 0.254. The van der Waals surface area contributed by atoms with Crippen LogP contribution in [0.5, 0.6) is 5.88 Å². The Balaban J connectivity index is 1.57. The summed E-state index contributed by atoms with van der Waals surface area (Å²) in [4.78, 5) is 11.2. The number of carbonyl (C=O) groups is 1. The summed E-state index contributed by atoms with van der Waals surface area (Å²) in [6, 6.07) is 19.6. The van der Waals surface area contributed by atoms with E-state index >= 15 is 0 Å². The topological polar surface area (TPSA) is 53.4 Å². The molecule has 0 aliphatic carbocycles. The summed E-state index contributed by atoms with van der Waals surface area (Å²) in [6.07, 6.45) is 2.36. The molecular formula is C19H18N2O3. The van der Waals surface area contributed by atoms with Crippen LogP contribution < -0.4 is 4.74 Å². The van der Waals surface area contributed by atoms with Crippen LogP contribution in [0.15, 0.2) is 66.9 Å². The second-order valence-corrected chi connectivity index (χ2v) is 5.28. The van der Waals surface area contributed by atoms with Gasteiger partial charge < -0.3 is 9.47 Å². The highest BCUT2D eigenvalue weighted by molar-refractivity contribution is 5.77. The molecule has 24 heavy (non-hydrogen) atoms. The van der Waals surface area contributed by atoms with Crippen LogP contribution in [0.4, 0.5) is 0 Å². The van der Waals surface area contributed by atoms with Crippen molar-refractivity contribution >= 4 is 6.29 Å². The normalized spacial score (nSPS) is 10.5. The molecule has 3 rings (SSSR count). The zero-order chi connectivity index (χ0) is 16.6. The number of ether oxygens (including phenoxy) is 2. The van der Waals surface area contributed by atoms with Crippen LogP contribution in [-0.4, -0.2) is 16.1 Å². The summed E-state index contributed by atoms with van der Waals surface area (Å²) in [7, 11) is 0. The fourth-order valence-corrected chi connectivity index (χ4v) is 2.24. The molecule has 0 saturated carbocycles. The molecule has 5 heteroatoms. The minimum Gasteiger partial charge on any atom is -0.471 e. The van der Waals surface area contributed by atoms with Gasteiger partial charge in [0.15, 0.2) is 6.29 Å². The molecule has 3 aromatic rings. The third kappa shape index (κ3) is 4.30. The summed E-state index contributed by atoms with van der Waals surface area (Å²) in [6.45, 7) is 1.10. The Kier molecular flexibility index (Phi) is 5.37. The van der Waals surface area contributed by atoms with E-state index in [4.69, 9.17) is 9.47 Å². The SMILES string of the molecule is O=Cc1cn(COCc2ccccc2)nc1OCc1ccccc1. The fraction of sp³-hybridized carbons (Fsp3) is 0.158. The standard InChI is InChI=1S/C19H18N2O3/c22-12-18-11-21(15-23-13-16-7-3-1-4-8-16)20-19(18)24-14-17-9-5-2-6-10-17/h1-12H,13-15H2. The van der Waals surface area contributed by atoms with Gasteiger partial charge in [-0.2, -0.15) is 0 Å². The van der Waals surface area contributed by atoms with Crippen molar-refractivity contribution in [2.24, 2.45) is 0 Å². The number of benzene rings is 2. The Hall–Kier alpha value is -2.92. The number of carbonyl (C=O) groups excluding carboxylic acids is 1. The Morgan fingerprint density at radius 1 is 0.917 bits per heavy atom. The maximum Gasteiger partial charge on any atom is 0.243 e. The van der Waals surface area contributed by atoms with Crippen molar-refractivity contribution in [2.45, 2.75) is 19.9 Å². The highest BCUT2D eigenvalue weighted by Gasteiger charge is 2.10. The molecule has 0 N–H and O–H groups in total. The third-order valence-electron chi connectivity index (χ3n) is 3.43. The van der Waals surface area contributed by atoms with Gasteiger partial charge in [0.1, 0.15) is 13.3 Å². The van der Waals surface area contributed by atoms with Crippen molar-refractivity contribution in [3.63, 3.8) is 0 Å². The first-order valence-corrected chi connectivity index (χ1v) is 7.66. The number of aromatic nitrogens is 2. The van der Waals surface area contributed by atoms with Gasteiger partial charge >= 0.3 is 0 Å². The van der Waals surface area contributed by atoms with Crippen LogP contribution in [-0.2, 0) is 24.7 Å². The van der Waals surface area contributed by atoms with Crippen molar-refractivity contribution in [1.82, 2.24) is 9.78 Å². The average Bonchev–Trinajstić information content (AvgIpc) is 3.04. The van der Waals surface area contributed by atoms with Crippen molar-refractivity contribution < 1.29 is 14.3 Å². The monoisotopic (exact) mass is 322 g/mol. The molecule has 122 valence electrons. The lowest BCUT2D eigenvalue weighted by atomic mass is 10.2. The van der Waals surface area contributed by atoms with E-state index in [0.29, 0.717) is 24.7 Å². The van der Waals surface area contributed by atoms with E-state index < -0.39 is 0 Å².